The Labute approximate surface area is 139 Å². The summed E-state index contributed by atoms with van der Waals surface area (Å²) < 4.78 is 5.51. The fourth-order valence-electron chi connectivity index (χ4n) is 4.21. The Morgan fingerprint density at radius 3 is 2.57 bits per heavy atom. The Morgan fingerprint density at radius 1 is 1.39 bits per heavy atom. The van der Waals surface area contributed by atoms with Crippen LogP contribution in [0.2, 0.25) is 0 Å². The summed E-state index contributed by atoms with van der Waals surface area (Å²) in [7, 11) is 1.55. The fraction of sp³-hybridized carbons (Fsp3) is 0.600. The predicted molar refractivity (Wildman–Crippen MR) is 91.8 cm³/mol. The van der Waals surface area contributed by atoms with Crippen molar-refractivity contribution in [1.82, 2.24) is 0 Å². The largest absolute Gasteiger partial charge is 0.500 e. The number of allylic oxidation sites excluding steroid dienone is 5. The van der Waals surface area contributed by atoms with Crippen LogP contribution in [0.3, 0.4) is 0 Å². The zero-order valence-corrected chi connectivity index (χ0v) is 14.9. The first-order valence-corrected chi connectivity index (χ1v) is 8.29. The van der Waals surface area contributed by atoms with Crippen LogP contribution in [-0.2, 0) is 14.3 Å². The van der Waals surface area contributed by atoms with Crippen molar-refractivity contribution in [3.05, 3.63) is 36.1 Å². The molecule has 3 nitrogen and oxygen atoms in total. The van der Waals surface area contributed by atoms with Gasteiger partial charge in [-0.1, -0.05) is 31.6 Å². The fourth-order valence-corrected chi connectivity index (χ4v) is 4.21. The lowest BCUT2D eigenvalue weighted by Gasteiger charge is -2.53. The average Bonchev–Trinajstić information content (AvgIpc) is 2.46. The minimum atomic E-state index is -0.701. The van der Waals surface area contributed by atoms with Gasteiger partial charge in [0.25, 0.3) is 0 Å². The highest BCUT2D eigenvalue weighted by atomic mass is 16.5. The molecule has 0 saturated heterocycles. The van der Waals surface area contributed by atoms with Gasteiger partial charge in [0.2, 0.25) is 0 Å². The number of carbonyl (C=O) groups is 2. The Bertz CT molecular complexity index is 590. The van der Waals surface area contributed by atoms with Crippen LogP contribution in [0.15, 0.2) is 36.1 Å². The van der Waals surface area contributed by atoms with Gasteiger partial charge in [0.15, 0.2) is 11.6 Å². The third-order valence-corrected chi connectivity index (χ3v) is 5.68. The summed E-state index contributed by atoms with van der Waals surface area (Å²) in [5.41, 5.74) is 0.113. The Morgan fingerprint density at radius 2 is 2.04 bits per heavy atom. The van der Waals surface area contributed by atoms with Crippen molar-refractivity contribution < 1.29 is 14.3 Å². The van der Waals surface area contributed by atoms with Gasteiger partial charge in [-0.2, -0.15) is 0 Å². The maximum Gasteiger partial charge on any atom is 0.170 e. The molecule has 2 aliphatic rings. The number of hydrogen-bond acceptors (Lipinski definition) is 3. The van der Waals surface area contributed by atoms with Gasteiger partial charge >= 0.3 is 0 Å². The summed E-state index contributed by atoms with van der Waals surface area (Å²) in [6.45, 7) is 12.0. The average molecular weight is 316 g/mol. The van der Waals surface area contributed by atoms with Crippen LogP contribution < -0.4 is 0 Å². The molecule has 0 unspecified atom stereocenters. The molecule has 0 spiro atoms. The summed E-state index contributed by atoms with van der Waals surface area (Å²) in [5, 5.41) is 0. The maximum atomic E-state index is 13.3. The van der Waals surface area contributed by atoms with Gasteiger partial charge < -0.3 is 4.74 Å². The SMILES string of the molecule is C=CC[C@@H]1C[C@]2(CC=C(C)C)C(=O)[C@@H](C(=O)C=C2OC)C1(C)C. The lowest BCUT2D eigenvalue weighted by molar-refractivity contribution is -0.155. The molecule has 0 heterocycles. The summed E-state index contributed by atoms with van der Waals surface area (Å²) in [6.07, 6.45) is 7.65. The van der Waals surface area contributed by atoms with Crippen LogP contribution in [0, 0.1) is 22.7 Å². The molecule has 0 amide bonds. The second kappa shape index (κ2) is 6.10. The van der Waals surface area contributed by atoms with Crippen molar-refractivity contribution in [1.29, 1.82) is 0 Å². The van der Waals surface area contributed by atoms with E-state index >= 15 is 0 Å². The van der Waals surface area contributed by atoms with Crippen molar-refractivity contribution in [3.8, 4) is 0 Å². The van der Waals surface area contributed by atoms with Crippen molar-refractivity contribution in [2.24, 2.45) is 22.7 Å². The van der Waals surface area contributed by atoms with Crippen LogP contribution in [0.4, 0.5) is 0 Å². The third-order valence-electron chi connectivity index (χ3n) is 5.68. The van der Waals surface area contributed by atoms with E-state index in [1.807, 2.05) is 33.8 Å². The lowest BCUT2D eigenvalue weighted by Crippen LogP contribution is -2.58. The molecule has 2 rings (SSSR count). The van der Waals surface area contributed by atoms with Crippen molar-refractivity contribution >= 4 is 11.6 Å². The standard InChI is InChI=1S/C20H28O3/c1-7-8-14-12-20(10-9-13(2)3)16(23-6)11-15(21)17(18(20)22)19(14,4)5/h7,9,11,14,17H,1,8,10,12H2,2-6H3/t14-,17-,20+/m1/s1. The van der Waals surface area contributed by atoms with E-state index in [2.05, 4.69) is 12.7 Å². The summed E-state index contributed by atoms with van der Waals surface area (Å²) in [4.78, 5) is 25.9. The molecule has 0 aromatic carbocycles. The number of carbonyl (C=O) groups excluding carboxylic acids is 2. The molecule has 0 N–H and O–H groups in total. The van der Waals surface area contributed by atoms with Gasteiger partial charge in [-0.05, 0) is 44.4 Å². The zero-order valence-electron chi connectivity index (χ0n) is 14.9. The first-order valence-electron chi connectivity index (χ1n) is 8.29. The number of ether oxygens (including phenoxy) is 1. The second-order valence-electron chi connectivity index (χ2n) is 7.73. The number of hydrogen-bond donors (Lipinski definition) is 0. The molecule has 2 bridgehead atoms. The van der Waals surface area contributed by atoms with E-state index in [-0.39, 0.29) is 22.9 Å². The number of fused-ring (bicyclic) bond motifs is 2. The van der Waals surface area contributed by atoms with Crippen LogP contribution in [0.25, 0.3) is 0 Å². The minimum Gasteiger partial charge on any atom is -0.500 e. The molecule has 0 aromatic heterocycles. The molecule has 3 heteroatoms. The Balaban J connectivity index is 2.61. The molecule has 3 atom stereocenters. The molecular weight excluding hydrogens is 288 g/mol. The first-order chi connectivity index (χ1) is 10.7. The molecule has 126 valence electrons. The lowest BCUT2D eigenvalue weighted by atomic mass is 9.48. The molecule has 2 aliphatic carbocycles. The van der Waals surface area contributed by atoms with Crippen LogP contribution >= 0.6 is 0 Å². The summed E-state index contributed by atoms with van der Waals surface area (Å²) in [5.74, 6) is 0.107. The summed E-state index contributed by atoms with van der Waals surface area (Å²) >= 11 is 0. The van der Waals surface area contributed by atoms with Crippen molar-refractivity contribution in [2.75, 3.05) is 7.11 Å². The van der Waals surface area contributed by atoms with Gasteiger partial charge in [0.1, 0.15) is 5.76 Å². The number of ketones is 2. The highest BCUT2D eigenvalue weighted by Gasteiger charge is 2.61. The van der Waals surface area contributed by atoms with E-state index in [1.165, 1.54) is 5.57 Å². The van der Waals surface area contributed by atoms with E-state index in [0.29, 0.717) is 18.6 Å². The van der Waals surface area contributed by atoms with Gasteiger partial charge in [0.05, 0.1) is 18.4 Å². The highest BCUT2D eigenvalue weighted by molar-refractivity contribution is 6.14. The molecule has 1 saturated carbocycles. The summed E-state index contributed by atoms with van der Waals surface area (Å²) in [6, 6.07) is 0. The maximum absolute atomic E-state index is 13.3. The van der Waals surface area contributed by atoms with Gasteiger partial charge in [-0.25, -0.2) is 0 Å². The number of methoxy groups -OCH3 is 1. The van der Waals surface area contributed by atoms with E-state index in [1.54, 1.807) is 13.2 Å². The smallest absolute Gasteiger partial charge is 0.170 e. The second-order valence-corrected chi connectivity index (χ2v) is 7.73. The van der Waals surface area contributed by atoms with E-state index in [4.69, 9.17) is 4.74 Å². The zero-order chi connectivity index (χ0) is 17.4. The van der Waals surface area contributed by atoms with E-state index < -0.39 is 11.3 Å². The topological polar surface area (TPSA) is 43.4 Å². The molecule has 0 aliphatic heterocycles. The highest BCUT2D eigenvalue weighted by Crippen LogP contribution is 2.58. The molecule has 0 aromatic rings. The Hall–Kier alpha value is -1.64. The molecule has 1 fully saturated rings. The van der Waals surface area contributed by atoms with E-state index in [9.17, 15) is 9.59 Å². The van der Waals surface area contributed by atoms with Crippen LogP contribution in [0.1, 0.15) is 47.0 Å². The van der Waals surface area contributed by atoms with Crippen molar-refractivity contribution in [2.45, 2.75) is 47.0 Å². The van der Waals surface area contributed by atoms with E-state index in [0.717, 1.165) is 6.42 Å². The minimum absolute atomic E-state index is 0.0321. The third kappa shape index (κ3) is 2.71. The number of Topliss-reactive ketones (excluding diaryl/α,β-unsaturated/α-hetero) is 1. The predicted octanol–water partition coefficient (Wildman–Crippen LogP) is 4.25. The van der Waals surface area contributed by atoms with Gasteiger partial charge in [0, 0.05) is 6.08 Å². The molecule has 0 radical (unpaired) electrons. The molecule has 23 heavy (non-hydrogen) atoms. The van der Waals surface area contributed by atoms with Crippen LogP contribution in [0.5, 0.6) is 0 Å². The van der Waals surface area contributed by atoms with Gasteiger partial charge in [-0.15, -0.1) is 6.58 Å². The van der Waals surface area contributed by atoms with Crippen molar-refractivity contribution in [3.63, 3.8) is 0 Å². The number of rotatable bonds is 5. The Kier molecular flexibility index (Phi) is 4.70. The normalized spacial score (nSPS) is 32.1. The van der Waals surface area contributed by atoms with Gasteiger partial charge in [-0.3, -0.25) is 9.59 Å². The molecular formula is C20H28O3. The quantitative estimate of drug-likeness (QED) is 0.562. The first kappa shape index (κ1) is 17.7. The van der Waals surface area contributed by atoms with Crippen LogP contribution in [-0.4, -0.2) is 18.7 Å². The monoisotopic (exact) mass is 316 g/mol.